The Balaban J connectivity index is 3.26. The zero-order chi connectivity index (χ0) is 9.14. The number of hydrogen-bond acceptors (Lipinski definition) is 4. The number of benzene rings is 1. The highest BCUT2D eigenvalue weighted by molar-refractivity contribution is 6.01. The summed E-state index contributed by atoms with van der Waals surface area (Å²) in [4.78, 5) is 0. The van der Waals surface area contributed by atoms with Gasteiger partial charge in [0.1, 0.15) is 0 Å². The summed E-state index contributed by atoms with van der Waals surface area (Å²) in [6.45, 7) is 1.52. The highest BCUT2D eigenvalue weighted by Gasteiger charge is 2.07. The van der Waals surface area contributed by atoms with Crippen LogP contribution < -0.4 is 0 Å². The molecule has 1 aromatic carbocycles. The molecule has 0 spiro atoms. The van der Waals surface area contributed by atoms with Crippen LogP contribution >= 0.6 is 0 Å². The van der Waals surface area contributed by atoms with Crippen LogP contribution in [0.2, 0.25) is 0 Å². The lowest BCUT2D eigenvalue weighted by atomic mass is 10.1. The molecule has 0 aliphatic rings. The first kappa shape index (κ1) is 8.39. The van der Waals surface area contributed by atoms with Crippen molar-refractivity contribution < 1.29 is 15.4 Å². The molecule has 0 unspecified atom stereocenters. The molecule has 0 bridgehead atoms. The molecule has 0 aliphatic carbocycles. The predicted octanol–water partition coefficient (Wildman–Crippen LogP) is 1.30. The second-order valence-corrected chi connectivity index (χ2v) is 2.36. The fourth-order valence-corrected chi connectivity index (χ4v) is 0.877. The molecule has 4 nitrogen and oxygen atoms in total. The van der Waals surface area contributed by atoms with Gasteiger partial charge in [0.15, 0.2) is 11.5 Å². The van der Waals surface area contributed by atoms with Crippen LogP contribution in [-0.4, -0.2) is 21.1 Å². The number of nitrogens with zero attached hydrogens (tertiary/aromatic N) is 1. The number of phenolic OH excluding ortho intramolecular Hbond substituents is 2. The third-order valence-electron chi connectivity index (χ3n) is 1.55. The molecule has 0 amide bonds. The van der Waals surface area contributed by atoms with Gasteiger partial charge in [-0.25, -0.2) is 0 Å². The van der Waals surface area contributed by atoms with Crippen molar-refractivity contribution in [2.45, 2.75) is 6.92 Å². The highest BCUT2D eigenvalue weighted by Crippen LogP contribution is 2.28. The lowest BCUT2D eigenvalue weighted by Gasteiger charge is -2.02. The molecule has 0 atom stereocenters. The van der Waals surface area contributed by atoms with E-state index in [0.717, 1.165) is 0 Å². The third kappa shape index (κ3) is 1.32. The van der Waals surface area contributed by atoms with Gasteiger partial charge in [-0.3, -0.25) is 0 Å². The Morgan fingerprint density at radius 1 is 1.33 bits per heavy atom. The standard InChI is InChI=1S/C8H9NO3/c1-5(9-12)6-3-2-4-7(10)8(6)11/h2-4,10-12H,1H3/b9-5+. The summed E-state index contributed by atoms with van der Waals surface area (Å²) >= 11 is 0. The number of hydrogen-bond donors (Lipinski definition) is 3. The molecule has 0 aromatic heterocycles. The fourth-order valence-electron chi connectivity index (χ4n) is 0.877. The second-order valence-electron chi connectivity index (χ2n) is 2.36. The maximum Gasteiger partial charge on any atom is 0.166 e. The lowest BCUT2D eigenvalue weighted by Crippen LogP contribution is -1.94. The van der Waals surface area contributed by atoms with Gasteiger partial charge in [0.2, 0.25) is 0 Å². The molecule has 3 N–H and O–H groups in total. The van der Waals surface area contributed by atoms with E-state index in [1.54, 1.807) is 12.1 Å². The van der Waals surface area contributed by atoms with E-state index in [9.17, 15) is 5.11 Å². The highest BCUT2D eigenvalue weighted by atomic mass is 16.4. The summed E-state index contributed by atoms with van der Waals surface area (Å²) in [6.07, 6.45) is 0. The van der Waals surface area contributed by atoms with Gasteiger partial charge in [-0.15, -0.1) is 0 Å². The summed E-state index contributed by atoms with van der Waals surface area (Å²) in [5, 5.41) is 29.6. The van der Waals surface area contributed by atoms with E-state index in [0.29, 0.717) is 5.56 Å². The molecule has 0 radical (unpaired) electrons. The summed E-state index contributed by atoms with van der Waals surface area (Å²) in [5.41, 5.74) is 0.570. The van der Waals surface area contributed by atoms with Crippen molar-refractivity contribution in [1.82, 2.24) is 0 Å². The minimum Gasteiger partial charge on any atom is -0.504 e. The Labute approximate surface area is 69.4 Å². The molecule has 0 saturated carbocycles. The van der Waals surface area contributed by atoms with Crippen LogP contribution in [0.1, 0.15) is 12.5 Å². The first-order valence-corrected chi connectivity index (χ1v) is 3.36. The van der Waals surface area contributed by atoms with E-state index in [4.69, 9.17) is 10.3 Å². The summed E-state index contributed by atoms with van der Waals surface area (Å²) < 4.78 is 0. The molecule has 64 valence electrons. The van der Waals surface area contributed by atoms with Gasteiger partial charge in [0.05, 0.1) is 5.71 Å². The van der Waals surface area contributed by atoms with Crippen molar-refractivity contribution >= 4 is 5.71 Å². The molecule has 12 heavy (non-hydrogen) atoms. The van der Waals surface area contributed by atoms with Crippen molar-refractivity contribution in [3.63, 3.8) is 0 Å². The van der Waals surface area contributed by atoms with Crippen LogP contribution in [0.15, 0.2) is 23.4 Å². The molecule has 0 saturated heterocycles. The maximum absolute atomic E-state index is 9.26. The van der Waals surface area contributed by atoms with Crippen LogP contribution in [0.5, 0.6) is 11.5 Å². The quantitative estimate of drug-likeness (QED) is 0.255. The molecule has 1 aromatic rings. The lowest BCUT2D eigenvalue weighted by molar-refractivity contribution is 0.318. The SMILES string of the molecule is C/C(=N\O)c1cccc(O)c1O. The molecule has 1 rings (SSSR count). The van der Waals surface area contributed by atoms with Crippen LogP contribution in [0.25, 0.3) is 0 Å². The van der Waals surface area contributed by atoms with Crippen LogP contribution in [0.3, 0.4) is 0 Å². The largest absolute Gasteiger partial charge is 0.504 e. The van der Waals surface area contributed by atoms with E-state index in [1.807, 2.05) is 0 Å². The summed E-state index contributed by atoms with van der Waals surface area (Å²) in [5.74, 6) is -0.497. The Hall–Kier alpha value is -1.71. The van der Waals surface area contributed by atoms with Crippen molar-refractivity contribution in [3.8, 4) is 11.5 Å². The molecular weight excluding hydrogens is 158 g/mol. The Morgan fingerprint density at radius 3 is 2.58 bits per heavy atom. The number of rotatable bonds is 1. The van der Waals surface area contributed by atoms with Gasteiger partial charge in [0, 0.05) is 5.56 Å². The predicted molar refractivity (Wildman–Crippen MR) is 43.8 cm³/mol. The van der Waals surface area contributed by atoms with Crippen molar-refractivity contribution in [1.29, 1.82) is 0 Å². The van der Waals surface area contributed by atoms with Crippen molar-refractivity contribution in [3.05, 3.63) is 23.8 Å². The average Bonchev–Trinajstić information content (AvgIpc) is 2.08. The number of para-hydroxylation sites is 1. The van der Waals surface area contributed by atoms with Gasteiger partial charge >= 0.3 is 0 Å². The van der Waals surface area contributed by atoms with Gasteiger partial charge in [-0.05, 0) is 19.1 Å². The first-order chi connectivity index (χ1) is 5.66. The van der Waals surface area contributed by atoms with E-state index < -0.39 is 0 Å². The van der Waals surface area contributed by atoms with Gasteiger partial charge in [-0.2, -0.15) is 0 Å². The number of oxime groups is 1. The van der Waals surface area contributed by atoms with Gasteiger partial charge < -0.3 is 15.4 Å². The van der Waals surface area contributed by atoms with Crippen LogP contribution in [0.4, 0.5) is 0 Å². The minimum absolute atomic E-state index is 0.226. The third-order valence-corrected chi connectivity index (χ3v) is 1.55. The van der Waals surface area contributed by atoms with E-state index in [-0.39, 0.29) is 17.2 Å². The topological polar surface area (TPSA) is 73.1 Å². The Bertz CT molecular complexity index is 320. The smallest absolute Gasteiger partial charge is 0.166 e. The van der Waals surface area contributed by atoms with Crippen molar-refractivity contribution in [2.24, 2.45) is 5.16 Å². The van der Waals surface area contributed by atoms with E-state index >= 15 is 0 Å². The Kier molecular flexibility index (Phi) is 2.19. The van der Waals surface area contributed by atoms with E-state index in [1.165, 1.54) is 13.0 Å². The molecular formula is C8H9NO3. The van der Waals surface area contributed by atoms with Crippen molar-refractivity contribution in [2.75, 3.05) is 0 Å². The molecule has 0 aliphatic heterocycles. The van der Waals surface area contributed by atoms with Crippen LogP contribution in [0, 0.1) is 0 Å². The fraction of sp³-hybridized carbons (Fsp3) is 0.125. The van der Waals surface area contributed by atoms with Crippen LogP contribution in [-0.2, 0) is 0 Å². The monoisotopic (exact) mass is 167 g/mol. The van der Waals surface area contributed by atoms with E-state index in [2.05, 4.69) is 5.16 Å². The summed E-state index contributed by atoms with van der Waals surface area (Å²) in [7, 11) is 0. The second kappa shape index (κ2) is 3.13. The average molecular weight is 167 g/mol. The molecule has 0 fully saturated rings. The Morgan fingerprint density at radius 2 is 2.00 bits per heavy atom. The molecule has 4 heteroatoms. The summed E-state index contributed by atoms with van der Waals surface area (Å²) in [6, 6.07) is 4.45. The van der Waals surface area contributed by atoms with Gasteiger partial charge in [0.25, 0.3) is 0 Å². The van der Waals surface area contributed by atoms with Gasteiger partial charge in [-0.1, -0.05) is 11.2 Å². The number of phenols is 2. The minimum atomic E-state index is -0.271. The zero-order valence-electron chi connectivity index (χ0n) is 6.52. The number of aromatic hydroxyl groups is 2. The normalized spacial score (nSPS) is 11.6. The zero-order valence-corrected chi connectivity index (χ0v) is 6.52. The first-order valence-electron chi connectivity index (χ1n) is 3.36. The maximum atomic E-state index is 9.26. The molecule has 0 heterocycles.